The molecule has 10 heteroatoms. The van der Waals surface area contributed by atoms with Gasteiger partial charge in [0.1, 0.15) is 29.5 Å². The summed E-state index contributed by atoms with van der Waals surface area (Å²) in [4.78, 5) is 32.4. The first-order valence-corrected chi connectivity index (χ1v) is 11.3. The number of carbonyl (C=O) groups excluding carboxylic acids is 1. The lowest BCUT2D eigenvalue weighted by Gasteiger charge is -2.08. The van der Waals surface area contributed by atoms with Crippen molar-refractivity contribution in [2.75, 3.05) is 14.2 Å². The van der Waals surface area contributed by atoms with Crippen molar-refractivity contribution in [2.45, 2.75) is 13.5 Å². The van der Waals surface area contributed by atoms with Gasteiger partial charge in [0.05, 0.1) is 14.2 Å². The van der Waals surface area contributed by atoms with Gasteiger partial charge >= 0.3 is 5.97 Å². The van der Waals surface area contributed by atoms with Crippen molar-refractivity contribution >= 4 is 16.9 Å². The molecule has 0 saturated carbocycles. The quantitative estimate of drug-likeness (QED) is 0.294. The summed E-state index contributed by atoms with van der Waals surface area (Å²) in [6, 6.07) is 13.4. The maximum atomic E-state index is 12.4. The molecule has 0 saturated heterocycles. The highest BCUT2D eigenvalue weighted by molar-refractivity contribution is 5.96. The first kappa shape index (κ1) is 23.7. The fourth-order valence-corrected chi connectivity index (χ4v) is 4.24. The standard InChI is InChI=1S/C27H23N3O7/c1-14-10-20(32)25(34)26(37-14)24-23(15-8-9-19(31)21(11-15)35-2)28-27(29-24)17-12-30(13-22(33)36-3)18-7-5-4-6-16(17)18/h4-12,31,34H,13H2,1-3H3,(H,28,29). The normalized spacial score (nSPS) is 11.1. The Morgan fingerprint density at radius 1 is 1.14 bits per heavy atom. The number of aromatic hydroxyl groups is 2. The molecular formula is C27H23N3O7. The van der Waals surface area contributed by atoms with Crippen LogP contribution in [0.1, 0.15) is 5.76 Å². The average Bonchev–Trinajstić information content (AvgIpc) is 3.48. The highest BCUT2D eigenvalue weighted by Crippen LogP contribution is 2.40. The number of rotatable bonds is 6. The molecule has 0 amide bonds. The van der Waals surface area contributed by atoms with E-state index >= 15 is 0 Å². The van der Waals surface area contributed by atoms with E-state index in [9.17, 15) is 19.8 Å². The van der Waals surface area contributed by atoms with Gasteiger partial charge in [-0.05, 0) is 31.2 Å². The number of para-hydroxylation sites is 1. The zero-order valence-corrected chi connectivity index (χ0v) is 20.2. The van der Waals surface area contributed by atoms with Crippen LogP contribution >= 0.6 is 0 Å². The molecule has 0 radical (unpaired) electrons. The van der Waals surface area contributed by atoms with Crippen LogP contribution in [0.2, 0.25) is 0 Å². The zero-order valence-electron chi connectivity index (χ0n) is 20.2. The summed E-state index contributed by atoms with van der Waals surface area (Å²) in [6.07, 6.45) is 1.78. The van der Waals surface area contributed by atoms with Crippen molar-refractivity contribution in [2.24, 2.45) is 0 Å². The van der Waals surface area contributed by atoms with E-state index in [1.165, 1.54) is 26.4 Å². The van der Waals surface area contributed by atoms with Crippen LogP contribution in [-0.2, 0) is 16.1 Å². The lowest BCUT2D eigenvalue weighted by Crippen LogP contribution is -2.10. The first-order valence-electron chi connectivity index (χ1n) is 11.3. The van der Waals surface area contributed by atoms with Gasteiger partial charge in [-0.15, -0.1) is 0 Å². The second-order valence-corrected chi connectivity index (χ2v) is 8.36. The van der Waals surface area contributed by atoms with Gasteiger partial charge in [-0.25, -0.2) is 4.98 Å². The number of hydrogen-bond acceptors (Lipinski definition) is 8. The number of nitrogens with one attached hydrogen (secondary N) is 1. The minimum atomic E-state index is -0.598. The minimum Gasteiger partial charge on any atom is -0.504 e. The Hall–Kier alpha value is -4.99. The average molecular weight is 501 g/mol. The number of H-pyrrole nitrogens is 1. The van der Waals surface area contributed by atoms with E-state index in [2.05, 4.69) is 4.98 Å². The number of phenols is 1. The third-order valence-corrected chi connectivity index (χ3v) is 6.00. The van der Waals surface area contributed by atoms with E-state index < -0.39 is 17.1 Å². The SMILES string of the molecule is COC(=O)Cn1cc(-c2nc(-c3ccc(O)c(OC)c3)c(-c3oc(C)cc(=O)c3O)[nH]2)c2ccccc21. The monoisotopic (exact) mass is 501 g/mol. The van der Waals surface area contributed by atoms with Gasteiger partial charge in [0.25, 0.3) is 0 Å². The van der Waals surface area contributed by atoms with E-state index in [4.69, 9.17) is 18.9 Å². The van der Waals surface area contributed by atoms with Gasteiger partial charge in [-0.3, -0.25) is 9.59 Å². The number of ether oxygens (including phenoxy) is 2. The Balaban J connectivity index is 1.78. The predicted octanol–water partition coefficient (Wildman–Crippen LogP) is 4.22. The first-order chi connectivity index (χ1) is 17.8. The van der Waals surface area contributed by atoms with Crippen LogP contribution in [0.15, 0.2) is 63.9 Å². The molecule has 3 N–H and O–H groups in total. The maximum Gasteiger partial charge on any atom is 0.325 e. The summed E-state index contributed by atoms with van der Waals surface area (Å²) in [5.74, 6) is -0.184. The lowest BCUT2D eigenvalue weighted by molar-refractivity contribution is -0.141. The van der Waals surface area contributed by atoms with Gasteiger partial charge in [0, 0.05) is 34.3 Å². The van der Waals surface area contributed by atoms with Crippen LogP contribution in [0.4, 0.5) is 0 Å². The molecule has 3 aromatic heterocycles. The molecule has 0 atom stereocenters. The highest BCUT2D eigenvalue weighted by atomic mass is 16.5. The largest absolute Gasteiger partial charge is 0.504 e. The lowest BCUT2D eigenvalue weighted by atomic mass is 10.1. The summed E-state index contributed by atoms with van der Waals surface area (Å²) < 4.78 is 17.6. The number of phenolic OH excluding ortho intramolecular Hbond substituents is 1. The van der Waals surface area contributed by atoms with Crippen LogP contribution in [0, 0.1) is 6.92 Å². The summed E-state index contributed by atoms with van der Waals surface area (Å²) in [5.41, 5.74) is 2.01. The molecule has 0 aliphatic rings. The molecule has 188 valence electrons. The molecule has 37 heavy (non-hydrogen) atoms. The summed E-state index contributed by atoms with van der Waals surface area (Å²) in [7, 11) is 2.76. The topological polar surface area (TPSA) is 140 Å². The molecule has 5 rings (SSSR count). The van der Waals surface area contributed by atoms with Crippen molar-refractivity contribution in [1.82, 2.24) is 14.5 Å². The Morgan fingerprint density at radius 3 is 2.68 bits per heavy atom. The fraction of sp³-hybridized carbons (Fsp3) is 0.148. The van der Waals surface area contributed by atoms with E-state index in [1.54, 1.807) is 29.8 Å². The van der Waals surface area contributed by atoms with Gasteiger partial charge in [0.2, 0.25) is 11.2 Å². The van der Waals surface area contributed by atoms with Gasteiger partial charge in [-0.2, -0.15) is 0 Å². The number of aryl methyl sites for hydroxylation is 1. The molecule has 3 heterocycles. The molecule has 2 aromatic carbocycles. The van der Waals surface area contributed by atoms with Crippen molar-refractivity contribution in [3.8, 4) is 51.3 Å². The number of esters is 1. The minimum absolute atomic E-state index is 0.000139. The number of aromatic amines is 1. The molecule has 5 aromatic rings. The van der Waals surface area contributed by atoms with Gasteiger partial charge < -0.3 is 33.7 Å². The number of methoxy groups -OCH3 is 2. The Bertz CT molecular complexity index is 1710. The Labute approximate surface area is 210 Å². The number of hydrogen-bond donors (Lipinski definition) is 3. The van der Waals surface area contributed by atoms with Crippen molar-refractivity contribution in [3.05, 3.63) is 70.7 Å². The van der Waals surface area contributed by atoms with Gasteiger partial charge in [-0.1, -0.05) is 18.2 Å². The fourth-order valence-electron chi connectivity index (χ4n) is 4.24. The summed E-state index contributed by atoms with van der Waals surface area (Å²) in [5, 5.41) is 21.5. The Morgan fingerprint density at radius 2 is 1.92 bits per heavy atom. The number of carbonyl (C=O) groups is 1. The molecular weight excluding hydrogens is 478 g/mol. The molecule has 0 aliphatic carbocycles. The molecule has 0 aliphatic heterocycles. The van der Waals surface area contributed by atoms with Crippen molar-refractivity contribution in [1.29, 1.82) is 0 Å². The molecule has 0 bridgehead atoms. The van der Waals surface area contributed by atoms with E-state index in [0.717, 1.165) is 10.9 Å². The second kappa shape index (κ2) is 9.23. The van der Waals surface area contributed by atoms with Crippen LogP contribution in [0.5, 0.6) is 17.2 Å². The van der Waals surface area contributed by atoms with Crippen molar-refractivity contribution in [3.63, 3.8) is 0 Å². The van der Waals surface area contributed by atoms with Crippen LogP contribution in [-0.4, -0.2) is 44.9 Å². The molecule has 0 spiro atoms. The molecule has 10 nitrogen and oxygen atoms in total. The second-order valence-electron chi connectivity index (χ2n) is 8.36. The predicted molar refractivity (Wildman–Crippen MR) is 136 cm³/mol. The number of fused-ring (bicyclic) bond motifs is 1. The molecule has 0 fully saturated rings. The molecule has 0 unspecified atom stereocenters. The number of nitrogens with zero attached hydrogens (tertiary/aromatic N) is 2. The van der Waals surface area contributed by atoms with E-state index in [1.807, 2.05) is 24.3 Å². The Kier molecular flexibility index (Phi) is 5.92. The highest BCUT2D eigenvalue weighted by Gasteiger charge is 2.24. The summed E-state index contributed by atoms with van der Waals surface area (Å²) in [6.45, 7) is 1.60. The third kappa shape index (κ3) is 4.18. The zero-order chi connectivity index (χ0) is 26.3. The van der Waals surface area contributed by atoms with Crippen LogP contribution in [0.25, 0.3) is 45.0 Å². The number of aromatic nitrogens is 3. The van der Waals surface area contributed by atoms with Gasteiger partial charge in [0.15, 0.2) is 17.3 Å². The van der Waals surface area contributed by atoms with Crippen LogP contribution < -0.4 is 10.2 Å². The van der Waals surface area contributed by atoms with E-state index in [0.29, 0.717) is 28.4 Å². The smallest absolute Gasteiger partial charge is 0.325 e. The van der Waals surface area contributed by atoms with Crippen molar-refractivity contribution < 1.29 is 28.9 Å². The summed E-state index contributed by atoms with van der Waals surface area (Å²) >= 11 is 0. The van der Waals surface area contributed by atoms with E-state index in [-0.39, 0.29) is 29.5 Å². The number of imidazole rings is 1. The maximum absolute atomic E-state index is 12.4. The number of benzene rings is 2. The third-order valence-electron chi connectivity index (χ3n) is 6.00. The van der Waals surface area contributed by atoms with Crippen LogP contribution in [0.3, 0.4) is 0 Å².